The Morgan fingerprint density at radius 3 is 1.53 bits per heavy atom. The van der Waals surface area contributed by atoms with Crippen molar-refractivity contribution >= 4 is 76.1 Å². The summed E-state index contributed by atoms with van der Waals surface area (Å²) in [6.45, 7) is 0. The second-order valence-corrected chi connectivity index (χ2v) is 16.6. The van der Waals surface area contributed by atoms with Crippen LogP contribution in [-0.2, 0) is 0 Å². The van der Waals surface area contributed by atoms with Crippen molar-refractivity contribution < 1.29 is 0 Å². The van der Waals surface area contributed by atoms with Crippen molar-refractivity contribution in [3.8, 4) is 56.3 Å². The minimum absolute atomic E-state index is 0.750. The van der Waals surface area contributed by atoms with Gasteiger partial charge in [0.15, 0.2) is 5.82 Å². The van der Waals surface area contributed by atoms with Crippen LogP contribution in [0, 0.1) is 0 Å². The SMILES string of the molecule is c1ccc2c(c1)-c1cccc3nc(-c4ccc5cc(-n6c7ccccc7c7cc(-c8ccc9c(c8)c8ccccc8n9-c8ccc9ccccc9c8)ccc76)ccc5c4)nc-2c13. The molecule has 0 fully saturated rings. The number of benzene rings is 10. The number of hydrogen-bond acceptors (Lipinski definition) is 2. The molecule has 3 heterocycles. The van der Waals surface area contributed by atoms with Crippen molar-refractivity contribution in [1.29, 1.82) is 0 Å². The number of rotatable bonds is 4. The molecule has 0 saturated carbocycles. The molecule has 4 heteroatoms. The molecule has 13 aromatic rings. The third kappa shape index (κ3) is 4.77. The number of para-hydroxylation sites is 2. The highest BCUT2D eigenvalue weighted by Gasteiger charge is 2.24. The van der Waals surface area contributed by atoms with Gasteiger partial charge in [0.05, 0.1) is 33.3 Å². The fraction of sp³-hybridized carbons (Fsp3) is 0. The molecule has 14 rings (SSSR count). The molecule has 0 N–H and O–H groups in total. The molecule has 1 aliphatic carbocycles. The second kappa shape index (κ2) is 12.6. The van der Waals surface area contributed by atoms with Crippen molar-refractivity contribution in [2.75, 3.05) is 0 Å². The van der Waals surface area contributed by atoms with E-state index in [-0.39, 0.29) is 0 Å². The third-order valence-corrected chi connectivity index (χ3v) is 13.2. The summed E-state index contributed by atoms with van der Waals surface area (Å²) in [7, 11) is 0. The molecule has 286 valence electrons. The molecular weight excluding hydrogens is 753 g/mol. The van der Waals surface area contributed by atoms with Crippen molar-refractivity contribution in [3.63, 3.8) is 0 Å². The quantitative estimate of drug-likeness (QED) is 0.178. The summed E-state index contributed by atoms with van der Waals surface area (Å²) in [6.07, 6.45) is 0. The van der Waals surface area contributed by atoms with Crippen LogP contribution in [0.1, 0.15) is 0 Å². The van der Waals surface area contributed by atoms with Crippen molar-refractivity contribution in [2.45, 2.75) is 0 Å². The van der Waals surface area contributed by atoms with Crippen LogP contribution in [0.25, 0.3) is 132 Å². The lowest BCUT2D eigenvalue weighted by Gasteiger charge is -2.11. The fourth-order valence-electron chi connectivity index (χ4n) is 10.3. The maximum absolute atomic E-state index is 5.18. The van der Waals surface area contributed by atoms with Gasteiger partial charge in [-0.2, -0.15) is 0 Å². The molecule has 10 aromatic carbocycles. The highest BCUT2D eigenvalue weighted by atomic mass is 15.0. The molecule has 0 atom stereocenters. The minimum atomic E-state index is 0.750. The van der Waals surface area contributed by atoms with Gasteiger partial charge in [0.25, 0.3) is 0 Å². The van der Waals surface area contributed by atoms with Gasteiger partial charge in [0.2, 0.25) is 0 Å². The standard InChI is InChI=1S/C58H34N4/c1-2-11-36-31-42(26-22-35(36)10-1)61-52-18-7-5-13-45(52)49-33-39(24-28-54(49)61)40-25-29-55-50(34-40)46-14-6-8-19-53(46)62(55)43-27-23-37-30-41(21-20-38(37)32-43)58-59-51-17-9-16-47-44-12-3-4-15-48(44)57(60-58)56(47)51/h1-34H. The fourth-order valence-corrected chi connectivity index (χ4v) is 10.3. The zero-order chi connectivity index (χ0) is 40.5. The molecule has 0 radical (unpaired) electrons. The summed E-state index contributed by atoms with van der Waals surface area (Å²) in [4.78, 5) is 10.3. The third-order valence-electron chi connectivity index (χ3n) is 13.2. The molecule has 0 spiro atoms. The van der Waals surface area contributed by atoms with Gasteiger partial charge in [-0.1, -0.05) is 133 Å². The second-order valence-electron chi connectivity index (χ2n) is 16.6. The highest BCUT2D eigenvalue weighted by Crippen LogP contribution is 2.46. The molecule has 0 aliphatic heterocycles. The molecular formula is C58H34N4. The predicted molar refractivity (Wildman–Crippen MR) is 259 cm³/mol. The monoisotopic (exact) mass is 786 g/mol. The lowest BCUT2D eigenvalue weighted by atomic mass is 10.0. The van der Waals surface area contributed by atoms with Crippen LogP contribution in [-0.4, -0.2) is 19.1 Å². The summed E-state index contributed by atoms with van der Waals surface area (Å²) in [6, 6.07) is 75.1. The largest absolute Gasteiger partial charge is 0.309 e. The van der Waals surface area contributed by atoms with Gasteiger partial charge >= 0.3 is 0 Å². The van der Waals surface area contributed by atoms with E-state index in [4.69, 9.17) is 9.97 Å². The first-order chi connectivity index (χ1) is 30.7. The van der Waals surface area contributed by atoms with Crippen molar-refractivity contribution in [1.82, 2.24) is 19.1 Å². The zero-order valence-corrected chi connectivity index (χ0v) is 33.4. The van der Waals surface area contributed by atoms with Crippen LogP contribution in [0.2, 0.25) is 0 Å². The Morgan fingerprint density at radius 2 is 0.823 bits per heavy atom. The van der Waals surface area contributed by atoms with Crippen LogP contribution < -0.4 is 0 Å². The van der Waals surface area contributed by atoms with Crippen LogP contribution in [0.5, 0.6) is 0 Å². The smallest absolute Gasteiger partial charge is 0.160 e. The Bertz CT molecular complexity index is 4050. The van der Waals surface area contributed by atoms with E-state index in [1.54, 1.807) is 0 Å². The lowest BCUT2D eigenvalue weighted by molar-refractivity contribution is 1.18. The van der Waals surface area contributed by atoms with Gasteiger partial charge in [-0.25, -0.2) is 9.97 Å². The van der Waals surface area contributed by atoms with Crippen LogP contribution >= 0.6 is 0 Å². The summed E-state index contributed by atoms with van der Waals surface area (Å²) in [5.41, 5.74) is 16.1. The van der Waals surface area contributed by atoms with E-state index in [0.717, 1.165) is 39.1 Å². The predicted octanol–water partition coefficient (Wildman–Crippen LogP) is 15.1. The van der Waals surface area contributed by atoms with Gasteiger partial charge in [-0.05, 0) is 117 Å². The molecule has 4 nitrogen and oxygen atoms in total. The molecule has 62 heavy (non-hydrogen) atoms. The van der Waals surface area contributed by atoms with E-state index >= 15 is 0 Å². The first-order valence-corrected chi connectivity index (χ1v) is 21.2. The van der Waals surface area contributed by atoms with Crippen molar-refractivity contribution in [2.24, 2.45) is 0 Å². The lowest BCUT2D eigenvalue weighted by Crippen LogP contribution is -1.95. The van der Waals surface area contributed by atoms with Gasteiger partial charge in [0, 0.05) is 49.4 Å². The molecule has 0 amide bonds. The van der Waals surface area contributed by atoms with Gasteiger partial charge < -0.3 is 9.13 Å². The van der Waals surface area contributed by atoms with Gasteiger partial charge in [-0.3, -0.25) is 0 Å². The average Bonchev–Trinajstić information content (AvgIpc) is 3.97. The first kappa shape index (κ1) is 33.5. The Hall–Kier alpha value is -8.34. The molecule has 3 aromatic heterocycles. The number of nitrogens with zero attached hydrogens (tertiary/aromatic N) is 4. The van der Waals surface area contributed by atoms with Gasteiger partial charge in [-0.15, -0.1) is 0 Å². The van der Waals surface area contributed by atoms with Crippen LogP contribution in [0.4, 0.5) is 0 Å². The maximum atomic E-state index is 5.18. The van der Waals surface area contributed by atoms with Crippen LogP contribution in [0.3, 0.4) is 0 Å². The topological polar surface area (TPSA) is 35.6 Å². The van der Waals surface area contributed by atoms with Gasteiger partial charge in [0.1, 0.15) is 0 Å². The zero-order valence-electron chi connectivity index (χ0n) is 33.4. The van der Waals surface area contributed by atoms with E-state index in [1.807, 2.05) is 0 Å². The summed E-state index contributed by atoms with van der Waals surface area (Å²) < 4.78 is 4.81. The Morgan fingerprint density at radius 1 is 0.306 bits per heavy atom. The van der Waals surface area contributed by atoms with E-state index in [0.29, 0.717) is 0 Å². The maximum Gasteiger partial charge on any atom is 0.160 e. The number of fused-ring (bicyclic) bond motifs is 11. The number of aromatic nitrogens is 4. The molecule has 0 saturated heterocycles. The minimum Gasteiger partial charge on any atom is -0.309 e. The molecule has 0 unspecified atom stereocenters. The summed E-state index contributed by atoms with van der Waals surface area (Å²) in [5, 5.41) is 10.9. The average molecular weight is 787 g/mol. The van der Waals surface area contributed by atoms with E-state index < -0.39 is 0 Å². The Kier molecular flexibility index (Phi) is 6.80. The normalized spacial score (nSPS) is 12.2. The van der Waals surface area contributed by atoms with E-state index in [9.17, 15) is 0 Å². The summed E-state index contributed by atoms with van der Waals surface area (Å²) >= 11 is 0. The Labute approximate surface area is 356 Å². The first-order valence-electron chi connectivity index (χ1n) is 21.2. The highest BCUT2D eigenvalue weighted by molar-refractivity contribution is 6.14. The van der Waals surface area contributed by atoms with Crippen LogP contribution in [0.15, 0.2) is 206 Å². The Balaban J connectivity index is 0.864. The van der Waals surface area contributed by atoms with E-state index in [1.165, 1.54) is 93.3 Å². The van der Waals surface area contributed by atoms with Crippen molar-refractivity contribution in [3.05, 3.63) is 206 Å². The molecule has 0 bridgehead atoms. The summed E-state index contributed by atoms with van der Waals surface area (Å²) in [5.74, 6) is 0.750. The molecule has 1 aliphatic rings. The number of hydrogen-bond donors (Lipinski definition) is 0. The van der Waals surface area contributed by atoms with E-state index in [2.05, 4.69) is 215 Å².